The van der Waals surface area contributed by atoms with Crippen LogP contribution in [0, 0.1) is 10.5 Å². The number of hydrogen-bond acceptors (Lipinski definition) is 2. The Balaban J connectivity index is 2.12. The molecule has 3 nitrogen and oxygen atoms in total. The first-order chi connectivity index (χ1) is 6.68. The third kappa shape index (κ3) is 1.95. The molecule has 0 aromatic carbocycles. The average Bonchev–Trinajstić information content (AvgIpc) is 2.50. The first kappa shape index (κ1) is 10.4. The number of halogens is 1. The molecule has 2 rings (SSSR count). The molecule has 78 valence electrons. The summed E-state index contributed by atoms with van der Waals surface area (Å²) >= 11 is 2.31. The van der Waals surface area contributed by atoms with Crippen LogP contribution in [0.3, 0.4) is 0 Å². The van der Waals surface area contributed by atoms with Crippen molar-refractivity contribution in [1.82, 2.24) is 9.78 Å². The van der Waals surface area contributed by atoms with Crippen LogP contribution in [-0.2, 0) is 0 Å². The molecule has 0 radical (unpaired) electrons. The lowest BCUT2D eigenvalue weighted by Crippen LogP contribution is -2.22. The van der Waals surface area contributed by atoms with Gasteiger partial charge in [-0.3, -0.25) is 4.68 Å². The van der Waals surface area contributed by atoms with Crippen LogP contribution >= 0.6 is 22.6 Å². The zero-order valence-corrected chi connectivity index (χ0v) is 10.4. The molecular weight excluding hydrogens is 291 g/mol. The first-order valence-corrected chi connectivity index (χ1v) is 6.14. The van der Waals surface area contributed by atoms with Gasteiger partial charge >= 0.3 is 0 Å². The van der Waals surface area contributed by atoms with Gasteiger partial charge in [0.2, 0.25) is 0 Å². The van der Waals surface area contributed by atoms with Gasteiger partial charge in [-0.2, -0.15) is 5.10 Å². The van der Waals surface area contributed by atoms with Crippen molar-refractivity contribution in [3.63, 3.8) is 0 Å². The van der Waals surface area contributed by atoms with Gasteiger partial charge in [-0.05, 0) is 55.2 Å². The molecule has 1 aliphatic rings. The number of aliphatic hydroxyl groups excluding tert-OH is 1. The minimum atomic E-state index is -0.0822. The molecule has 4 heteroatoms. The third-order valence-electron chi connectivity index (χ3n) is 3.00. The van der Waals surface area contributed by atoms with Gasteiger partial charge in [0, 0.05) is 5.69 Å². The summed E-state index contributed by atoms with van der Waals surface area (Å²) in [6.07, 6.45) is 5.78. The Hall–Kier alpha value is -0.100. The quantitative estimate of drug-likeness (QED) is 0.808. The fourth-order valence-electron chi connectivity index (χ4n) is 2.07. The predicted octanol–water partition coefficient (Wildman–Crippen LogP) is 2.27. The van der Waals surface area contributed by atoms with Crippen LogP contribution < -0.4 is 0 Å². The second kappa shape index (κ2) is 4.18. The lowest BCUT2D eigenvalue weighted by molar-refractivity contribution is 0.107. The van der Waals surface area contributed by atoms with Crippen molar-refractivity contribution in [1.29, 1.82) is 0 Å². The fourth-order valence-corrected chi connectivity index (χ4v) is 2.44. The van der Waals surface area contributed by atoms with Crippen molar-refractivity contribution in [3.05, 3.63) is 15.5 Å². The van der Waals surface area contributed by atoms with Crippen molar-refractivity contribution < 1.29 is 5.11 Å². The Morgan fingerprint density at radius 2 is 2.07 bits per heavy atom. The fraction of sp³-hybridized carbons (Fsp3) is 0.700. The van der Waals surface area contributed by atoms with Crippen molar-refractivity contribution >= 4 is 22.6 Å². The normalized spacial score (nSPS) is 27.9. The maximum absolute atomic E-state index is 9.42. The molecule has 1 aliphatic carbocycles. The van der Waals surface area contributed by atoms with Gasteiger partial charge in [0.1, 0.15) is 0 Å². The van der Waals surface area contributed by atoms with Gasteiger partial charge < -0.3 is 5.11 Å². The smallest absolute Gasteiger partial charge is 0.0626 e. The molecule has 1 aromatic heterocycles. The van der Waals surface area contributed by atoms with Crippen molar-refractivity contribution in [2.75, 3.05) is 0 Å². The van der Waals surface area contributed by atoms with Crippen LogP contribution in [0.2, 0.25) is 0 Å². The maximum atomic E-state index is 9.42. The van der Waals surface area contributed by atoms with Crippen LogP contribution in [-0.4, -0.2) is 21.0 Å². The Labute approximate surface area is 97.6 Å². The van der Waals surface area contributed by atoms with E-state index in [1.807, 2.05) is 6.20 Å². The zero-order chi connectivity index (χ0) is 10.1. The highest BCUT2D eigenvalue weighted by atomic mass is 127. The molecule has 1 saturated carbocycles. The average molecular weight is 306 g/mol. The maximum Gasteiger partial charge on any atom is 0.0626 e. The molecule has 1 fully saturated rings. The van der Waals surface area contributed by atoms with Crippen LogP contribution in [0.5, 0.6) is 0 Å². The van der Waals surface area contributed by atoms with Gasteiger partial charge in [-0.1, -0.05) is 0 Å². The highest BCUT2D eigenvalue weighted by Gasteiger charge is 2.22. The van der Waals surface area contributed by atoms with Crippen LogP contribution in [0.1, 0.15) is 37.4 Å². The van der Waals surface area contributed by atoms with E-state index in [1.54, 1.807) is 0 Å². The monoisotopic (exact) mass is 306 g/mol. The molecule has 0 unspecified atom stereocenters. The van der Waals surface area contributed by atoms with Crippen molar-refractivity contribution in [3.8, 4) is 0 Å². The molecule has 0 atom stereocenters. The Kier molecular flexibility index (Phi) is 3.11. The Morgan fingerprint density at radius 1 is 1.43 bits per heavy atom. The van der Waals surface area contributed by atoms with Gasteiger partial charge in [0.25, 0.3) is 0 Å². The van der Waals surface area contributed by atoms with Crippen molar-refractivity contribution in [2.24, 2.45) is 0 Å². The Bertz CT molecular complexity index is 316. The molecule has 0 aliphatic heterocycles. The van der Waals surface area contributed by atoms with E-state index >= 15 is 0 Å². The van der Waals surface area contributed by atoms with Gasteiger partial charge in [0.15, 0.2) is 0 Å². The number of hydrogen-bond donors (Lipinski definition) is 1. The lowest BCUT2D eigenvalue weighted by atomic mass is 9.93. The van der Waals surface area contributed by atoms with Crippen LogP contribution in [0.15, 0.2) is 6.20 Å². The van der Waals surface area contributed by atoms with E-state index in [4.69, 9.17) is 0 Å². The summed E-state index contributed by atoms with van der Waals surface area (Å²) in [5.74, 6) is 0. The van der Waals surface area contributed by atoms with E-state index in [0.29, 0.717) is 6.04 Å². The molecular formula is C10H15IN2O. The number of rotatable bonds is 1. The molecule has 0 spiro atoms. The molecule has 1 N–H and O–H groups in total. The zero-order valence-electron chi connectivity index (χ0n) is 8.28. The second-order valence-electron chi connectivity index (χ2n) is 3.98. The third-order valence-corrected chi connectivity index (χ3v) is 4.06. The van der Waals surface area contributed by atoms with E-state index < -0.39 is 0 Å². The van der Waals surface area contributed by atoms with E-state index in [9.17, 15) is 5.11 Å². The summed E-state index contributed by atoms with van der Waals surface area (Å²) < 4.78 is 3.35. The topological polar surface area (TPSA) is 38.0 Å². The highest BCUT2D eigenvalue weighted by Crippen LogP contribution is 2.29. The largest absolute Gasteiger partial charge is 0.393 e. The standard InChI is InChI=1S/C10H15IN2O/c1-7-10(11)6-12-13(7)8-2-4-9(14)5-3-8/h6,8-9,14H,2-5H2,1H3/t8-,9+. The molecule has 14 heavy (non-hydrogen) atoms. The van der Waals surface area contributed by atoms with Crippen LogP contribution in [0.4, 0.5) is 0 Å². The summed E-state index contributed by atoms with van der Waals surface area (Å²) in [6, 6.07) is 0.502. The molecule has 0 saturated heterocycles. The van der Waals surface area contributed by atoms with Gasteiger partial charge in [-0.25, -0.2) is 0 Å². The minimum Gasteiger partial charge on any atom is -0.393 e. The second-order valence-corrected chi connectivity index (χ2v) is 5.15. The van der Waals surface area contributed by atoms with E-state index in [-0.39, 0.29) is 6.10 Å². The lowest BCUT2D eigenvalue weighted by Gasteiger charge is -2.26. The number of aromatic nitrogens is 2. The number of aliphatic hydroxyl groups is 1. The summed E-state index contributed by atoms with van der Waals surface area (Å²) in [5.41, 5.74) is 1.26. The predicted molar refractivity (Wildman–Crippen MR) is 63.2 cm³/mol. The van der Waals surface area contributed by atoms with Crippen LogP contribution in [0.25, 0.3) is 0 Å². The summed E-state index contributed by atoms with van der Waals surface area (Å²) in [7, 11) is 0. The van der Waals surface area contributed by atoms with Crippen molar-refractivity contribution in [2.45, 2.75) is 44.8 Å². The summed E-state index contributed by atoms with van der Waals surface area (Å²) in [5, 5.41) is 13.8. The summed E-state index contributed by atoms with van der Waals surface area (Å²) in [6.45, 7) is 2.11. The van der Waals surface area contributed by atoms with Gasteiger partial charge in [0.05, 0.1) is 21.9 Å². The molecule has 1 heterocycles. The molecule has 1 aromatic rings. The van der Waals surface area contributed by atoms with Gasteiger partial charge in [-0.15, -0.1) is 0 Å². The minimum absolute atomic E-state index is 0.0822. The molecule has 0 amide bonds. The Morgan fingerprint density at radius 3 is 2.57 bits per heavy atom. The SMILES string of the molecule is Cc1c(I)cnn1[C@H]1CC[C@@H](O)CC1. The summed E-state index contributed by atoms with van der Waals surface area (Å²) in [4.78, 5) is 0. The first-order valence-electron chi connectivity index (χ1n) is 5.06. The van der Waals surface area contributed by atoms with E-state index in [1.165, 1.54) is 9.26 Å². The molecule has 0 bridgehead atoms. The van der Waals surface area contributed by atoms with E-state index in [0.717, 1.165) is 25.7 Å². The van der Waals surface area contributed by atoms with E-state index in [2.05, 4.69) is 39.3 Å². The highest BCUT2D eigenvalue weighted by molar-refractivity contribution is 14.1. The number of nitrogens with zero attached hydrogens (tertiary/aromatic N) is 2.